The van der Waals surface area contributed by atoms with Crippen molar-refractivity contribution >= 4 is 10.9 Å². The first-order valence-corrected chi connectivity index (χ1v) is 11.4. The molecule has 0 spiro atoms. The van der Waals surface area contributed by atoms with Gasteiger partial charge >= 0.3 is 0 Å². The van der Waals surface area contributed by atoms with Gasteiger partial charge in [-0.05, 0) is 42.3 Å². The first-order valence-electron chi connectivity index (χ1n) is 11.4. The largest absolute Gasteiger partial charge is 0.493 e. The summed E-state index contributed by atoms with van der Waals surface area (Å²) < 4.78 is 36.1. The molecule has 1 aliphatic heterocycles. The molecule has 0 bridgehead atoms. The second-order valence-electron chi connectivity index (χ2n) is 8.08. The average molecular weight is 480 g/mol. The molecule has 182 valence electrons. The minimum absolute atomic E-state index is 0.299. The van der Waals surface area contributed by atoms with Crippen molar-refractivity contribution in [3.8, 4) is 34.5 Å². The first kappa shape index (κ1) is 23.0. The summed E-state index contributed by atoms with van der Waals surface area (Å²) in [4.78, 5) is 11.0. The summed E-state index contributed by atoms with van der Waals surface area (Å²) >= 11 is 0. The van der Waals surface area contributed by atoms with Gasteiger partial charge in [-0.1, -0.05) is 0 Å². The number of halogens is 1. The molecule has 1 fully saturated rings. The monoisotopic (exact) mass is 479 g/mol. The lowest BCUT2D eigenvalue weighted by Crippen LogP contribution is -2.37. The molecule has 35 heavy (non-hydrogen) atoms. The molecule has 4 aromatic rings. The van der Waals surface area contributed by atoms with Crippen molar-refractivity contribution in [3.05, 3.63) is 54.6 Å². The summed E-state index contributed by atoms with van der Waals surface area (Å²) in [6.07, 6.45) is 2.33. The van der Waals surface area contributed by atoms with Gasteiger partial charge in [-0.15, -0.1) is 5.10 Å². The maximum absolute atomic E-state index is 13.2. The van der Waals surface area contributed by atoms with Gasteiger partial charge in [0.05, 0.1) is 43.5 Å². The molecule has 0 amide bonds. The smallest absolute Gasteiger partial charge is 0.240 e. The van der Waals surface area contributed by atoms with Crippen LogP contribution < -0.4 is 14.2 Å². The lowest BCUT2D eigenvalue weighted by atomic mass is 10.1. The quantitative estimate of drug-likeness (QED) is 0.359. The van der Waals surface area contributed by atoms with E-state index in [1.54, 1.807) is 31.4 Å². The SMILES string of the molecule is COc1cc2c(Oc3cc(-c4ccc(F)cc4)[nH]n3)ncnc2cc1OCCCN1CCOCC1. The lowest BCUT2D eigenvalue weighted by Gasteiger charge is -2.26. The van der Waals surface area contributed by atoms with Crippen LogP contribution in [0.4, 0.5) is 4.39 Å². The zero-order chi connectivity index (χ0) is 24.0. The Kier molecular flexibility index (Phi) is 7.01. The Bertz CT molecular complexity index is 1270. The summed E-state index contributed by atoms with van der Waals surface area (Å²) in [5.74, 6) is 1.55. The molecular weight excluding hydrogens is 453 g/mol. The molecule has 0 aliphatic carbocycles. The highest BCUT2D eigenvalue weighted by molar-refractivity contribution is 5.87. The van der Waals surface area contributed by atoms with Crippen LogP contribution in [0.15, 0.2) is 48.8 Å². The fourth-order valence-electron chi connectivity index (χ4n) is 3.92. The maximum Gasteiger partial charge on any atom is 0.240 e. The number of nitrogens with one attached hydrogen (secondary N) is 1. The minimum atomic E-state index is -0.299. The predicted octanol–water partition coefficient (Wildman–Crippen LogP) is 4.06. The molecule has 1 aliphatic rings. The molecule has 0 saturated carbocycles. The lowest BCUT2D eigenvalue weighted by molar-refractivity contribution is 0.0357. The molecule has 0 atom stereocenters. The van der Waals surface area contributed by atoms with E-state index in [4.69, 9.17) is 18.9 Å². The van der Waals surface area contributed by atoms with E-state index in [0.717, 1.165) is 44.8 Å². The van der Waals surface area contributed by atoms with Gasteiger partial charge in [-0.25, -0.2) is 14.4 Å². The van der Waals surface area contributed by atoms with E-state index in [0.29, 0.717) is 46.5 Å². The van der Waals surface area contributed by atoms with Crippen LogP contribution in [0.1, 0.15) is 6.42 Å². The Morgan fingerprint density at radius 1 is 1.06 bits per heavy atom. The van der Waals surface area contributed by atoms with E-state index in [9.17, 15) is 4.39 Å². The molecule has 0 unspecified atom stereocenters. The van der Waals surface area contributed by atoms with E-state index in [2.05, 4.69) is 25.1 Å². The number of nitrogens with zero attached hydrogens (tertiary/aromatic N) is 4. The molecule has 10 heteroatoms. The van der Waals surface area contributed by atoms with Crippen molar-refractivity contribution in [2.75, 3.05) is 46.6 Å². The fraction of sp³-hybridized carbons (Fsp3) is 0.320. The van der Waals surface area contributed by atoms with Crippen molar-refractivity contribution in [1.82, 2.24) is 25.1 Å². The van der Waals surface area contributed by atoms with Crippen LogP contribution in [-0.2, 0) is 4.74 Å². The number of benzene rings is 2. The van der Waals surface area contributed by atoms with E-state index in [-0.39, 0.29) is 5.82 Å². The standard InChI is InChI=1S/C25H26FN5O4/c1-32-22-13-19-21(14-23(22)34-10-2-7-31-8-11-33-12-9-31)27-16-28-25(19)35-24-15-20(29-30-24)17-3-5-18(26)6-4-17/h3-6,13-16H,2,7-12H2,1H3,(H,29,30). The van der Waals surface area contributed by atoms with Gasteiger partial charge in [0.15, 0.2) is 11.5 Å². The highest BCUT2D eigenvalue weighted by Crippen LogP contribution is 2.36. The number of morpholine rings is 1. The summed E-state index contributed by atoms with van der Waals surface area (Å²) in [7, 11) is 1.59. The summed E-state index contributed by atoms with van der Waals surface area (Å²) in [6, 6.07) is 11.5. The number of hydrogen-bond acceptors (Lipinski definition) is 8. The maximum atomic E-state index is 13.2. The number of aromatic amines is 1. The average Bonchev–Trinajstić information content (AvgIpc) is 3.36. The number of fused-ring (bicyclic) bond motifs is 1. The Morgan fingerprint density at radius 3 is 2.69 bits per heavy atom. The number of aromatic nitrogens is 4. The molecular formula is C25H26FN5O4. The number of ether oxygens (including phenoxy) is 4. The Labute approximate surface area is 201 Å². The third-order valence-electron chi connectivity index (χ3n) is 5.77. The van der Waals surface area contributed by atoms with Crippen LogP contribution >= 0.6 is 0 Å². The van der Waals surface area contributed by atoms with Crippen molar-refractivity contribution < 1.29 is 23.3 Å². The summed E-state index contributed by atoms with van der Waals surface area (Å²) in [6.45, 7) is 5.02. The van der Waals surface area contributed by atoms with Crippen molar-refractivity contribution in [3.63, 3.8) is 0 Å². The second-order valence-corrected chi connectivity index (χ2v) is 8.08. The van der Waals surface area contributed by atoms with E-state index >= 15 is 0 Å². The Morgan fingerprint density at radius 2 is 1.89 bits per heavy atom. The summed E-state index contributed by atoms with van der Waals surface area (Å²) in [5.41, 5.74) is 2.15. The fourth-order valence-corrected chi connectivity index (χ4v) is 3.92. The summed E-state index contributed by atoms with van der Waals surface area (Å²) in [5, 5.41) is 7.76. The van der Waals surface area contributed by atoms with Gasteiger partial charge in [-0.2, -0.15) is 0 Å². The second kappa shape index (κ2) is 10.7. The Balaban J connectivity index is 1.29. The number of rotatable bonds is 9. The molecule has 5 rings (SSSR count). The topological polar surface area (TPSA) is 94.6 Å². The normalized spacial score (nSPS) is 14.2. The number of methoxy groups -OCH3 is 1. The van der Waals surface area contributed by atoms with E-state index in [1.165, 1.54) is 18.5 Å². The van der Waals surface area contributed by atoms with Crippen molar-refractivity contribution in [1.29, 1.82) is 0 Å². The van der Waals surface area contributed by atoms with Gasteiger partial charge in [-0.3, -0.25) is 10.00 Å². The molecule has 0 radical (unpaired) electrons. The van der Waals surface area contributed by atoms with Crippen molar-refractivity contribution in [2.45, 2.75) is 6.42 Å². The van der Waals surface area contributed by atoms with Gasteiger partial charge in [0.1, 0.15) is 12.1 Å². The molecule has 2 aromatic heterocycles. The highest BCUT2D eigenvalue weighted by Gasteiger charge is 2.15. The highest BCUT2D eigenvalue weighted by atomic mass is 19.1. The van der Waals surface area contributed by atoms with Gasteiger partial charge < -0.3 is 18.9 Å². The third-order valence-corrected chi connectivity index (χ3v) is 5.77. The number of hydrogen-bond donors (Lipinski definition) is 1. The Hall–Kier alpha value is -3.76. The van der Waals surface area contributed by atoms with E-state index in [1.807, 2.05) is 6.07 Å². The van der Waals surface area contributed by atoms with Crippen LogP contribution in [0.25, 0.3) is 22.2 Å². The van der Waals surface area contributed by atoms with Crippen molar-refractivity contribution in [2.24, 2.45) is 0 Å². The molecule has 1 saturated heterocycles. The van der Waals surface area contributed by atoms with E-state index < -0.39 is 0 Å². The molecule has 1 N–H and O–H groups in total. The predicted molar refractivity (Wildman–Crippen MR) is 128 cm³/mol. The number of H-pyrrole nitrogens is 1. The van der Waals surface area contributed by atoms with Crippen LogP contribution in [0.5, 0.6) is 23.3 Å². The zero-order valence-corrected chi connectivity index (χ0v) is 19.4. The van der Waals surface area contributed by atoms with Crippen LogP contribution in [0, 0.1) is 5.82 Å². The molecule has 9 nitrogen and oxygen atoms in total. The van der Waals surface area contributed by atoms with Crippen LogP contribution in [0.3, 0.4) is 0 Å². The van der Waals surface area contributed by atoms with Gasteiger partial charge in [0, 0.05) is 31.8 Å². The molecule has 2 aromatic carbocycles. The van der Waals surface area contributed by atoms with Crippen LogP contribution in [-0.4, -0.2) is 71.6 Å². The first-order chi connectivity index (χ1) is 17.2. The molecule has 3 heterocycles. The minimum Gasteiger partial charge on any atom is -0.493 e. The van der Waals surface area contributed by atoms with Gasteiger partial charge in [0.2, 0.25) is 11.8 Å². The van der Waals surface area contributed by atoms with Gasteiger partial charge in [0.25, 0.3) is 0 Å². The third kappa shape index (κ3) is 5.50. The zero-order valence-electron chi connectivity index (χ0n) is 19.4. The van der Waals surface area contributed by atoms with Crippen LogP contribution in [0.2, 0.25) is 0 Å².